The smallest absolute Gasteiger partial charge is 0.0462 e. The molecule has 0 aliphatic rings. The number of hydrogen-bond donors (Lipinski definition) is 0. The minimum absolute atomic E-state index is 0.932. The zero-order valence-corrected chi connectivity index (χ0v) is 12.6. The SMILES string of the molecule is CCCC(C)CCCC(CCC)CCCOC. The predicted octanol–water partition coefficient (Wildman–Crippen LogP) is 5.44. The highest BCUT2D eigenvalue weighted by Crippen LogP contribution is 2.23. The lowest BCUT2D eigenvalue weighted by Gasteiger charge is -2.17. The van der Waals surface area contributed by atoms with E-state index in [1.807, 2.05) is 0 Å². The van der Waals surface area contributed by atoms with Gasteiger partial charge in [0.1, 0.15) is 0 Å². The molecule has 0 radical (unpaired) electrons. The second-order valence-electron chi connectivity index (χ2n) is 5.61. The van der Waals surface area contributed by atoms with Gasteiger partial charge < -0.3 is 4.74 Å². The third kappa shape index (κ3) is 10.8. The summed E-state index contributed by atoms with van der Waals surface area (Å²) in [5.74, 6) is 1.88. The first kappa shape index (κ1) is 17.0. The van der Waals surface area contributed by atoms with Gasteiger partial charge in [-0.15, -0.1) is 0 Å². The molecule has 0 aromatic carbocycles. The minimum Gasteiger partial charge on any atom is -0.385 e. The number of ether oxygens (including phenoxy) is 1. The van der Waals surface area contributed by atoms with Gasteiger partial charge in [-0.2, -0.15) is 0 Å². The van der Waals surface area contributed by atoms with Gasteiger partial charge in [-0.1, -0.05) is 65.7 Å². The first-order chi connectivity index (χ1) is 8.24. The van der Waals surface area contributed by atoms with E-state index < -0.39 is 0 Å². The van der Waals surface area contributed by atoms with E-state index in [4.69, 9.17) is 4.74 Å². The molecule has 0 saturated carbocycles. The second kappa shape index (κ2) is 12.4. The van der Waals surface area contributed by atoms with Crippen LogP contribution < -0.4 is 0 Å². The Hall–Kier alpha value is -0.0400. The molecular formula is C16H34O. The molecule has 0 aliphatic heterocycles. The van der Waals surface area contributed by atoms with Gasteiger partial charge in [-0.3, -0.25) is 0 Å². The van der Waals surface area contributed by atoms with Crippen molar-refractivity contribution in [3.05, 3.63) is 0 Å². The lowest BCUT2D eigenvalue weighted by Crippen LogP contribution is -2.04. The van der Waals surface area contributed by atoms with Crippen LogP contribution in [0.4, 0.5) is 0 Å². The van der Waals surface area contributed by atoms with Crippen LogP contribution in [0.5, 0.6) is 0 Å². The fraction of sp³-hybridized carbons (Fsp3) is 1.00. The highest BCUT2D eigenvalue weighted by molar-refractivity contribution is 4.61. The number of methoxy groups -OCH3 is 1. The van der Waals surface area contributed by atoms with Crippen LogP contribution in [0.25, 0.3) is 0 Å². The molecule has 0 rings (SSSR count). The predicted molar refractivity (Wildman–Crippen MR) is 77.4 cm³/mol. The summed E-state index contributed by atoms with van der Waals surface area (Å²) in [4.78, 5) is 0. The van der Waals surface area contributed by atoms with Gasteiger partial charge in [-0.25, -0.2) is 0 Å². The maximum absolute atomic E-state index is 5.15. The molecule has 2 unspecified atom stereocenters. The van der Waals surface area contributed by atoms with Crippen LogP contribution in [-0.4, -0.2) is 13.7 Å². The topological polar surface area (TPSA) is 9.23 Å². The fourth-order valence-corrected chi connectivity index (χ4v) is 2.75. The molecule has 0 spiro atoms. The molecule has 17 heavy (non-hydrogen) atoms. The van der Waals surface area contributed by atoms with Gasteiger partial charge in [0.05, 0.1) is 0 Å². The highest BCUT2D eigenvalue weighted by Gasteiger charge is 2.08. The van der Waals surface area contributed by atoms with E-state index in [-0.39, 0.29) is 0 Å². The van der Waals surface area contributed by atoms with Crippen molar-refractivity contribution in [2.24, 2.45) is 11.8 Å². The Morgan fingerprint density at radius 3 is 2.06 bits per heavy atom. The molecule has 104 valence electrons. The van der Waals surface area contributed by atoms with Crippen molar-refractivity contribution in [1.82, 2.24) is 0 Å². The molecule has 0 saturated heterocycles. The van der Waals surface area contributed by atoms with Crippen molar-refractivity contribution in [2.45, 2.75) is 78.6 Å². The third-order valence-electron chi connectivity index (χ3n) is 3.75. The zero-order chi connectivity index (χ0) is 12.9. The lowest BCUT2D eigenvalue weighted by atomic mass is 9.90. The van der Waals surface area contributed by atoms with Crippen molar-refractivity contribution in [3.8, 4) is 0 Å². The quantitative estimate of drug-likeness (QED) is 0.414. The summed E-state index contributed by atoms with van der Waals surface area (Å²) >= 11 is 0. The summed E-state index contributed by atoms with van der Waals surface area (Å²) in [6.45, 7) is 7.94. The second-order valence-corrected chi connectivity index (χ2v) is 5.61. The Morgan fingerprint density at radius 2 is 1.47 bits per heavy atom. The van der Waals surface area contributed by atoms with Gasteiger partial charge in [0.15, 0.2) is 0 Å². The molecule has 0 amide bonds. The van der Waals surface area contributed by atoms with Crippen molar-refractivity contribution >= 4 is 0 Å². The van der Waals surface area contributed by atoms with Crippen LogP contribution in [-0.2, 0) is 4.74 Å². The van der Waals surface area contributed by atoms with E-state index in [2.05, 4.69) is 20.8 Å². The molecule has 0 aromatic rings. The van der Waals surface area contributed by atoms with E-state index >= 15 is 0 Å². The molecule has 0 N–H and O–H groups in total. The maximum Gasteiger partial charge on any atom is 0.0462 e. The molecule has 1 nitrogen and oxygen atoms in total. The van der Waals surface area contributed by atoms with Crippen molar-refractivity contribution < 1.29 is 4.74 Å². The molecule has 0 bridgehead atoms. The Morgan fingerprint density at radius 1 is 0.824 bits per heavy atom. The number of rotatable bonds is 12. The Labute approximate surface area is 109 Å². The Kier molecular flexibility index (Phi) is 12.4. The van der Waals surface area contributed by atoms with Crippen molar-refractivity contribution in [1.29, 1.82) is 0 Å². The molecule has 0 heterocycles. The summed E-state index contributed by atoms with van der Waals surface area (Å²) in [6, 6.07) is 0. The third-order valence-corrected chi connectivity index (χ3v) is 3.75. The fourth-order valence-electron chi connectivity index (χ4n) is 2.75. The van der Waals surface area contributed by atoms with Crippen molar-refractivity contribution in [3.63, 3.8) is 0 Å². The molecular weight excluding hydrogens is 208 g/mol. The van der Waals surface area contributed by atoms with Crippen LogP contribution in [0.15, 0.2) is 0 Å². The summed E-state index contributed by atoms with van der Waals surface area (Å²) in [7, 11) is 1.81. The molecule has 0 aromatic heterocycles. The average molecular weight is 242 g/mol. The summed E-state index contributed by atoms with van der Waals surface area (Å²) in [6.07, 6.45) is 12.4. The van der Waals surface area contributed by atoms with Gasteiger partial charge in [-0.05, 0) is 24.7 Å². The summed E-state index contributed by atoms with van der Waals surface area (Å²) in [5, 5.41) is 0. The van der Waals surface area contributed by atoms with Gasteiger partial charge >= 0.3 is 0 Å². The summed E-state index contributed by atoms with van der Waals surface area (Å²) in [5.41, 5.74) is 0. The lowest BCUT2D eigenvalue weighted by molar-refractivity contribution is 0.184. The number of hydrogen-bond acceptors (Lipinski definition) is 1. The van der Waals surface area contributed by atoms with Crippen LogP contribution >= 0.6 is 0 Å². The van der Waals surface area contributed by atoms with Crippen LogP contribution in [0.2, 0.25) is 0 Å². The van der Waals surface area contributed by atoms with Gasteiger partial charge in [0.25, 0.3) is 0 Å². The zero-order valence-electron chi connectivity index (χ0n) is 12.6. The minimum atomic E-state index is 0.932. The van der Waals surface area contributed by atoms with Gasteiger partial charge in [0.2, 0.25) is 0 Å². The van der Waals surface area contributed by atoms with Gasteiger partial charge in [0, 0.05) is 13.7 Å². The van der Waals surface area contributed by atoms with E-state index in [9.17, 15) is 0 Å². The molecule has 0 aliphatic carbocycles. The first-order valence-corrected chi connectivity index (χ1v) is 7.73. The average Bonchev–Trinajstić information content (AvgIpc) is 2.29. The standard InChI is InChI=1S/C16H34O/c1-5-9-15(3)11-7-12-16(10-6-2)13-8-14-17-4/h15-16H,5-14H2,1-4H3. The Bertz CT molecular complexity index is 144. The van der Waals surface area contributed by atoms with Crippen LogP contribution in [0.3, 0.4) is 0 Å². The highest BCUT2D eigenvalue weighted by atomic mass is 16.5. The normalized spacial score (nSPS) is 14.8. The Balaban J connectivity index is 3.60. The largest absolute Gasteiger partial charge is 0.385 e. The molecule has 0 fully saturated rings. The van der Waals surface area contributed by atoms with Crippen LogP contribution in [0.1, 0.15) is 78.6 Å². The first-order valence-electron chi connectivity index (χ1n) is 7.73. The monoisotopic (exact) mass is 242 g/mol. The maximum atomic E-state index is 5.15. The van der Waals surface area contributed by atoms with E-state index in [1.165, 1.54) is 57.8 Å². The van der Waals surface area contributed by atoms with E-state index in [0.717, 1.165) is 18.4 Å². The summed E-state index contributed by atoms with van der Waals surface area (Å²) < 4.78 is 5.15. The van der Waals surface area contributed by atoms with E-state index in [0.29, 0.717) is 0 Å². The molecule has 2 atom stereocenters. The van der Waals surface area contributed by atoms with Crippen LogP contribution in [0, 0.1) is 11.8 Å². The van der Waals surface area contributed by atoms with E-state index in [1.54, 1.807) is 7.11 Å². The van der Waals surface area contributed by atoms with Crippen molar-refractivity contribution in [2.75, 3.05) is 13.7 Å². The molecule has 1 heteroatoms.